The van der Waals surface area contributed by atoms with Crippen LogP contribution in [0, 0.1) is 20.8 Å². The lowest BCUT2D eigenvalue weighted by Gasteiger charge is -2.35. The van der Waals surface area contributed by atoms with Gasteiger partial charge >= 0.3 is 12.0 Å². The van der Waals surface area contributed by atoms with Gasteiger partial charge in [0.15, 0.2) is 0 Å². The minimum Gasteiger partial charge on any atom is -0.465 e. The number of methoxy groups -OCH3 is 1. The number of urea groups is 1. The normalized spacial score (nSPS) is 18.4. The third-order valence-electron chi connectivity index (χ3n) is 6.79. The van der Waals surface area contributed by atoms with E-state index in [1.54, 1.807) is 18.2 Å². The van der Waals surface area contributed by atoms with Crippen LogP contribution in [0.3, 0.4) is 0 Å². The summed E-state index contributed by atoms with van der Waals surface area (Å²) in [7, 11) is 1.35. The van der Waals surface area contributed by atoms with Gasteiger partial charge in [0.05, 0.1) is 12.7 Å². The highest BCUT2D eigenvalue weighted by molar-refractivity contribution is 6.31. The number of nitrogens with zero attached hydrogens (tertiary/aromatic N) is 2. The van der Waals surface area contributed by atoms with E-state index in [4.69, 9.17) is 4.74 Å². The Kier molecular flexibility index (Phi) is 6.41. The summed E-state index contributed by atoms with van der Waals surface area (Å²) < 4.78 is 6.87. The largest absolute Gasteiger partial charge is 0.465 e. The van der Waals surface area contributed by atoms with Crippen LogP contribution < -0.4 is 5.32 Å². The van der Waals surface area contributed by atoms with Crippen molar-refractivity contribution in [3.8, 4) is 5.69 Å². The van der Waals surface area contributed by atoms with Crippen molar-refractivity contribution in [3.63, 3.8) is 0 Å². The zero-order valence-corrected chi connectivity index (χ0v) is 19.9. The summed E-state index contributed by atoms with van der Waals surface area (Å²) in [4.78, 5) is 51.7. The van der Waals surface area contributed by atoms with Gasteiger partial charge in [-0.15, -0.1) is 0 Å². The van der Waals surface area contributed by atoms with Crippen LogP contribution in [0.5, 0.6) is 0 Å². The molecule has 178 valence electrons. The molecular weight excluding hydrogens is 434 g/mol. The van der Waals surface area contributed by atoms with Gasteiger partial charge in [0.1, 0.15) is 5.57 Å². The molecule has 1 aliphatic heterocycles. The molecule has 1 aliphatic carbocycles. The molecule has 0 bridgehead atoms. The molecule has 2 heterocycles. The lowest BCUT2D eigenvalue weighted by atomic mass is 9.93. The van der Waals surface area contributed by atoms with Gasteiger partial charge in [0, 0.05) is 23.1 Å². The van der Waals surface area contributed by atoms with E-state index in [1.807, 2.05) is 37.5 Å². The molecule has 0 atom stereocenters. The van der Waals surface area contributed by atoms with Crippen molar-refractivity contribution in [2.45, 2.75) is 58.9 Å². The molecule has 4 rings (SSSR count). The first-order valence-electron chi connectivity index (χ1n) is 11.5. The standard InChI is InChI=1S/C26H29N3O5/c1-15-13-18(17(3)28(15)22-12-8-11-20(16(22)2)25(32)34-4)14-21-23(30)27-26(33)29(24(21)31)19-9-6-5-7-10-19/h8,11-14,19H,5-7,9-10H2,1-4H3,(H,27,30,33). The molecule has 34 heavy (non-hydrogen) atoms. The number of benzene rings is 1. The maximum Gasteiger partial charge on any atom is 0.338 e. The third-order valence-corrected chi connectivity index (χ3v) is 6.79. The first-order valence-corrected chi connectivity index (χ1v) is 11.5. The van der Waals surface area contributed by atoms with Crippen molar-refractivity contribution in [2.75, 3.05) is 7.11 Å². The van der Waals surface area contributed by atoms with Crippen LogP contribution >= 0.6 is 0 Å². The molecule has 2 aromatic rings. The molecule has 8 heteroatoms. The van der Waals surface area contributed by atoms with Gasteiger partial charge in [-0.2, -0.15) is 0 Å². The second kappa shape index (κ2) is 9.29. The number of aromatic nitrogens is 1. The first-order chi connectivity index (χ1) is 16.2. The predicted molar refractivity (Wildman–Crippen MR) is 127 cm³/mol. The number of esters is 1. The number of aryl methyl sites for hydroxylation is 1. The zero-order valence-electron chi connectivity index (χ0n) is 19.9. The molecule has 1 aromatic carbocycles. The third kappa shape index (κ3) is 4.04. The number of nitrogens with one attached hydrogen (secondary N) is 1. The highest BCUT2D eigenvalue weighted by Crippen LogP contribution is 2.29. The molecule has 0 unspecified atom stereocenters. The fourth-order valence-corrected chi connectivity index (χ4v) is 5.00. The Morgan fingerprint density at radius 2 is 1.79 bits per heavy atom. The van der Waals surface area contributed by atoms with E-state index in [0.29, 0.717) is 11.1 Å². The van der Waals surface area contributed by atoms with E-state index < -0.39 is 23.8 Å². The van der Waals surface area contributed by atoms with Crippen molar-refractivity contribution in [3.05, 3.63) is 57.9 Å². The van der Waals surface area contributed by atoms with Gasteiger partial charge in [-0.3, -0.25) is 19.8 Å². The topological polar surface area (TPSA) is 97.7 Å². The van der Waals surface area contributed by atoms with E-state index in [9.17, 15) is 19.2 Å². The Morgan fingerprint density at radius 3 is 2.47 bits per heavy atom. The molecule has 2 fully saturated rings. The Balaban J connectivity index is 1.74. The highest BCUT2D eigenvalue weighted by atomic mass is 16.5. The monoisotopic (exact) mass is 463 g/mol. The number of imide groups is 2. The van der Waals surface area contributed by atoms with E-state index in [0.717, 1.165) is 54.7 Å². The summed E-state index contributed by atoms with van der Waals surface area (Å²) in [5.74, 6) is -1.65. The van der Waals surface area contributed by atoms with Crippen molar-refractivity contribution < 1.29 is 23.9 Å². The summed E-state index contributed by atoms with van der Waals surface area (Å²) in [6.45, 7) is 5.66. The van der Waals surface area contributed by atoms with E-state index in [-0.39, 0.29) is 11.6 Å². The Bertz CT molecular complexity index is 1220. The van der Waals surface area contributed by atoms with Crippen molar-refractivity contribution in [1.82, 2.24) is 14.8 Å². The lowest BCUT2D eigenvalue weighted by molar-refractivity contribution is -0.132. The molecular formula is C26H29N3O5. The van der Waals surface area contributed by atoms with Crippen LogP contribution in [0.4, 0.5) is 4.79 Å². The number of carbonyl (C=O) groups is 4. The number of barbiturate groups is 1. The van der Waals surface area contributed by atoms with E-state index >= 15 is 0 Å². The molecule has 1 N–H and O–H groups in total. The quantitative estimate of drug-likeness (QED) is 0.420. The van der Waals surface area contributed by atoms with Crippen LogP contribution in [0.25, 0.3) is 11.8 Å². The number of hydrogen-bond acceptors (Lipinski definition) is 5. The molecule has 0 spiro atoms. The summed E-state index contributed by atoms with van der Waals surface area (Å²) in [5, 5.41) is 2.34. The number of hydrogen-bond donors (Lipinski definition) is 1. The molecule has 4 amide bonds. The molecule has 8 nitrogen and oxygen atoms in total. The van der Waals surface area contributed by atoms with Gasteiger partial charge in [0.25, 0.3) is 11.8 Å². The van der Waals surface area contributed by atoms with Crippen molar-refractivity contribution in [2.24, 2.45) is 0 Å². The fourth-order valence-electron chi connectivity index (χ4n) is 5.00. The second-order valence-corrected chi connectivity index (χ2v) is 8.89. The van der Waals surface area contributed by atoms with Gasteiger partial charge in [-0.05, 0) is 69.0 Å². The SMILES string of the molecule is COC(=O)c1cccc(-n2c(C)cc(C=C3C(=O)NC(=O)N(C4CCCCC4)C3=O)c2C)c1C. The molecule has 0 radical (unpaired) electrons. The van der Waals surface area contributed by atoms with Crippen LogP contribution in [0.1, 0.15) is 65.0 Å². The van der Waals surface area contributed by atoms with Crippen molar-refractivity contribution in [1.29, 1.82) is 0 Å². The van der Waals surface area contributed by atoms with Crippen molar-refractivity contribution >= 4 is 29.9 Å². The van der Waals surface area contributed by atoms with E-state index in [2.05, 4.69) is 5.32 Å². The van der Waals surface area contributed by atoms with E-state index in [1.165, 1.54) is 12.0 Å². The van der Waals surface area contributed by atoms with Gasteiger partial charge in [0.2, 0.25) is 0 Å². The number of amides is 4. The second-order valence-electron chi connectivity index (χ2n) is 8.89. The van der Waals surface area contributed by atoms with Crippen LogP contribution in [-0.4, -0.2) is 46.4 Å². The number of ether oxygens (including phenoxy) is 1. The number of rotatable bonds is 4. The lowest BCUT2D eigenvalue weighted by Crippen LogP contribution is -2.58. The summed E-state index contributed by atoms with van der Waals surface area (Å²) in [6, 6.07) is 6.46. The zero-order chi connectivity index (χ0) is 24.6. The average molecular weight is 464 g/mol. The Morgan fingerprint density at radius 1 is 1.09 bits per heavy atom. The van der Waals surface area contributed by atoms with Gasteiger partial charge < -0.3 is 9.30 Å². The number of carbonyl (C=O) groups excluding carboxylic acids is 4. The predicted octanol–water partition coefficient (Wildman–Crippen LogP) is 3.98. The van der Waals surface area contributed by atoms with Gasteiger partial charge in [-0.1, -0.05) is 25.3 Å². The molecule has 1 saturated heterocycles. The van der Waals surface area contributed by atoms with Crippen LogP contribution in [-0.2, 0) is 14.3 Å². The van der Waals surface area contributed by atoms with Crippen LogP contribution in [0.2, 0.25) is 0 Å². The maximum atomic E-state index is 13.2. The minimum atomic E-state index is -0.685. The summed E-state index contributed by atoms with van der Waals surface area (Å²) in [5.41, 5.74) is 4.35. The maximum absolute atomic E-state index is 13.2. The van der Waals surface area contributed by atoms with Crippen LogP contribution in [0.15, 0.2) is 29.8 Å². The Labute approximate surface area is 198 Å². The first kappa shape index (κ1) is 23.5. The summed E-state index contributed by atoms with van der Waals surface area (Å²) >= 11 is 0. The Hall–Kier alpha value is -3.68. The fraction of sp³-hybridized carbons (Fsp3) is 0.385. The molecule has 1 aromatic heterocycles. The smallest absolute Gasteiger partial charge is 0.338 e. The summed E-state index contributed by atoms with van der Waals surface area (Å²) in [6.07, 6.45) is 6.07. The minimum absolute atomic E-state index is 0.0505. The average Bonchev–Trinajstić information content (AvgIpc) is 3.09. The highest BCUT2D eigenvalue weighted by Gasteiger charge is 2.40. The molecule has 1 saturated carbocycles. The van der Waals surface area contributed by atoms with Gasteiger partial charge in [-0.25, -0.2) is 9.59 Å². The molecule has 2 aliphatic rings.